The number of nitrogens with zero attached hydrogens (tertiary/aromatic N) is 2. The highest BCUT2D eigenvalue weighted by Crippen LogP contribution is 2.47. The Morgan fingerprint density at radius 2 is 1.96 bits per heavy atom. The summed E-state index contributed by atoms with van der Waals surface area (Å²) in [6.45, 7) is 3.88. The van der Waals surface area contributed by atoms with Gasteiger partial charge < -0.3 is 14.5 Å². The van der Waals surface area contributed by atoms with Gasteiger partial charge in [0, 0.05) is 32.1 Å². The van der Waals surface area contributed by atoms with Crippen molar-refractivity contribution >= 4 is 17.8 Å². The lowest BCUT2D eigenvalue weighted by atomic mass is 9.94. The van der Waals surface area contributed by atoms with E-state index in [0.29, 0.717) is 44.6 Å². The van der Waals surface area contributed by atoms with Crippen LogP contribution in [-0.4, -0.2) is 59.9 Å². The molecule has 2 bridgehead atoms. The highest BCUT2D eigenvalue weighted by Gasteiger charge is 2.48. The van der Waals surface area contributed by atoms with Crippen molar-refractivity contribution in [2.45, 2.75) is 57.9 Å². The van der Waals surface area contributed by atoms with Crippen LogP contribution in [0.15, 0.2) is 0 Å². The second kappa shape index (κ2) is 7.20. The van der Waals surface area contributed by atoms with Crippen molar-refractivity contribution in [3.05, 3.63) is 0 Å². The van der Waals surface area contributed by atoms with Crippen molar-refractivity contribution in [3.8, 4) is 0 Å². The summed E-state index contributed by atoms with van der Waals surface area (Å²) in [5.74, 6) is 1.00. The molecule has 0 spiro atoms. The molecular weight excluding hydrogens is 332 g/mol. The molecule has 4 rings (SSSR count). The molecule has 0 aromatic rings. The van der Waals surface area contributed by atoms with Crippen LogP contribution in [0.1, 0.15) is 51.9 Å². The number of hydrogen-bond donors (Lipinski definition) is 0. The van der Waals surface area contributed by atoms with Crippen LogP contribution < -0.4 is 0 Å². The van der Waals surface area contributed by atoms with Gasteiger partial charge in [0.2, 0.25) is 11.8 Å². The number of carbonyl (C=O) groups excluding carboxylic acids is 3. The Labute approximate surface area is 155 Å². The monoisotopic (exact) mass is 362 g/mol. The van der Waals surface area contributed by atoms with E-state index in [1.807, 2.05) is 4.90 Å². The van der Waals surface area contributed by atoms with Crippen molar-refractivity contribution in [2.24, 2.45) is 23.7 Å². The van der Waals surface area contributed by atoms with Gasteiger partial charge in [-0.25, -0.2) is 0 Å². The van der Waals surface area contributed by atoms with E-state index in [-0.39, 0.29) is 29.6 Å². The molecular formula is C20H30N2O4. The summed E-state index contributed by atoms with van der Waals surface area (Å²) < 4.78 is 5.13. The van der Waals surface area contributed by atoms with Crippen LogP contribution in [0.2, 0.25) is 0 Å². The zero-order valence-corrected chi connectivity index (χ0v) is 15.7. The SMILES string of the molecule is CCOC(=O)C1CCCN(C(=O)C2CC(=O)N(C3CC4CCC3C4)C2)C1. The number of fused-ring (bicyclic) bond motifs is 2. The quantitative estimate of drug-likeness (QED) is 0.716. The summed E-state index contributed by atoms with van der Waals surface area (Å²) >= 11 is 0. The minimum Gasteiger partial charge on any atom is -0.466 e. The molecule has 2 aliphatic heterocycles. The smallest absolute Gasteiger partial charge is 0.310 e. The summed E-state index contributed by atoms with van der Waals surface area (Å²) in [7, 11) is 0. The number of hydrogen-bond acceptors (Lipinski definition) is 4. The molecule has 5 atom stereocenters. The fraction of sp³-hybridized carbons (Fsp3) is 0.850. The van der Waals surface area contributed by atoms with Gasteiger partial charge in [-0.3, -0.25) is 14.4 Å². The lowest BCUT2D eigenvalue weighted by Gasteiger charge is -2.34. The summed E-state index contributed by atoms with van der Waals surface area (Å²) in [5.41, 5.74) is 0. The van der Waals surface area contributed by atoms with Crippen molar-refractivity contribution in [1.82, 2.24) is 9.80 Å². The zero-order chi connectivity index (χ0) is 18.3. The molecule has 2 aliphatic carbocycles. The van der Waals surface area contributed by atoms with Gasteiger partial charge >= 0.3 is 5.97 Å². The second-order valence-corrected chi connectivity index (χ2v) is 8.56. The molecule has 26 heavy (non-hydrogen) atoms. The Kier molecular flexibility index (Phi) is 4.93. The van der Waals surface area contributed by atoms with Gasteiger partial charge in [-0.05, 0) is 50.9 Å². The topological polar surface area (TPSA) is 66.9 Å². The number of ether oxygens (including phenoxy) is 1. The lowest BCUT2D eigenvalue weighted by molar-refractivity contribution is -0.152. The highest BCUT2D eigenvalue weighted by molar-refractivity contribution is 5.90. The predicted molar refractivity (Wildman–Crippen MR) is 95.0 cm³/mol. The molecule has 6 heteroatoms. The normalized spacial score (nSPS) is 36.7. The minimum absolute atomic E-state index is 0.0537. The number of rotatable bonds is 4. The third-order valence-corrected chi connectivity index (χ3v) is 6.96. The van der Waals surface area contributed by atoms with E-state index in [2.05, 4.69) is 0 Å². The van der Waals surface area contributed by atoms with Crippen molar-refractivity contribution in [2.75, 3.05) is 26.2 Å². The van der Waals surface area contributed by atoms with Crippen molar-refractivity contribution < 1.29 is 19.1 Å². The number of piperidine rings is 1. The van der Waals surface area contributed by atoms with Gasteiger partial charge in [0.15, 0.2) is 0 Å². The van der Waals surface area contributed by atoms with Crippen LogP contribution in [-0.2, 0) is 19.1 Å². The Morgan fingerprint density at radius 1 is 1.12 bits per heavy atom. The number of carbonyl (C=O) groups is 3. The molecule has 0 radical (unpaired) electrons. The minimum atomic E-state index is -0.234. The van der Waals surface area contributed by atoms with Gasteiger partial charge in [0.05, 0.1) is 18.4 Å². The average Bonchev–Trinajstić information content (AvgIpc) is 3.36. The summed E-state index contributed by atoms with van der Waals surface area (Å²) in [6.07, 6.45) is 6.90. The van der Waals surface area contributed by atoms with E-state index >= 15 is 0 Å². The largest absolute Gasteiger partial charge is 0.466 e. The van der Waals surface area contributed by atoms with E-state index in [0.717, 1.165) is 25.2 Å². The molecule has 6 nitrogen and oxygen atoms in total. The zero-order valence-electron chi connectivity index (χ0n) is 15.7. The van der Waals surface area contributed by atoms with Crippen LogP contribution in [0.3, 0.4) is 0 Å². The van der Waals surface area contributed by atoms with Gasteiger partial charge in [-0.2, -0.15) is 0 Å². The van der Waals surface area contributed by atoms with Crippen molar-refractivity contribution in [1.29, 1.82) is 0 Å². The summed E-state index contributed by atoms with van der Waals surface area (Å²) in [4.78, 5) is 41.4. The van der Waals surface area contributed by atoms with E-state index in [4.69, 9.17) is 4.74 Å². The lowest BCUT2D eigenvalue weighted by Crippen LogP contribution is -2.46. The van der Waals surface area contributed by atoms with E-state index < -0.39 is 0 Å². The first-order valence-corrected chi connectivity index (χ1v) is 10.3. The molecule has 2 saturated carbocycles. The third-order valence-electron chi connectivity index (χ3n) is 6.96. The Bertz CT molecular complexity index is 592. The van der Waals surface area contributed by atoms with Crippen LogP contribution in [0, 0.1) is 23.7 Å². The first kappa shape index (κ1) is 17.8. The number of likely N-dealkylation sites (tertiary alicyclic amines) is 2. The standard InChI is InChI=1S/C20H30N2O4/c1-2-26-20(25)15-4-3-7-21(11-15)19(24)16-10-18(23)22(12-16)17-9-13-5-6-14(17)8-13/h13-17H,2-12H2,1H3. The molecule has 144 valence electrons. The Morgan fingerprint density at radius 3 is 2.65 bits per heavy atom. The predicted octanol–water partition coefficient (Wildman–Crippen LogP) is 1.83. The average molecular weight is 362 g/mol. The summed E-state index contributed by atoms with van der Waals surface area (Å²) in [6, 6.07) is 0.368. The molecule has 0 aromatic carbocycles. The van der Waals surface area contributed by atoms with Gasteiger partial charge in [-0.1, -0.05) is 6.42 Å². The maximum Gasteiger partial charge on any atom is 0.310 e. The molecule has 5 unspecified atom stereocenters. The van der Waals surface area contributed by atoms with Gasteiger partial charge in [0.25, 0.3) is 0 Å². The Hall–Kier alpha value is -1.59. The number of amides is 2. The van der Waals surface area contributed by atoms with Crippen LogP contribution >= 0.6 is 0 Å². The van der Waals surface area contributed by atoms with E-state index in [1.54, 1.807) is 11.8 Å². The maximum atomic E-state index is 13.0. The van der Waals surface area contributed by atoms with Gasteiger partial charge in [0.1, 0.15) is 0 Å². The van der Waals surface area contributed by atoms with E-state index in [9.17, 15) is 14.4 Å². The van der Waals surface area contributed by atoms with E-state index in [1.165, 1.54) is 19.3 Å². The molecule has 0 N–H and O–H groups in total. The molecule has 2 heterocycles. The molecule has 0 aromatic heterocycles. The fourth-order valence-electron chi connectivity index (χ4n) is 5.70. The third kappa shape index (κ3) is 3.23. The highest BCUT2D eigenvalue weighted by atomic mass is 16.5. The molecule has 4 fully saturated rings. The molecule has 4 aliphatic rings. The fourth-order valence-corrected chi connectivity index (χ4v) is 5.70. The molecule has 2 amide bonds. The maximum absolute atomic E-state index is 13.0. The van der Waals surface area contributed by atoms with Crippen molar-refractivity contribution in [3.63, 3.8) is 0 Å². The van der Waals surface area contributed by atoms with Crippen LogP contribution in [0.5, 0.6) is 0 Å². The first-order chi connectivity index (χ1) is 12.6. The number of esters is 1. The summed E-state index contributed by atoms with van der Waals surface area (Å²) in [5, 5.41) is 0. The van der Waals surface area contributed by atoms with Crippen LogP contribution in [0.4, 0.5) is 0 Å². The molecule has 2 saturated heterocycles. The van der Waals surface area contributed by atoms with Gasteiger partial charge in [-0.15, -0.1) is 0 Å². The Balaban J connectivity index is 1.36. The first-order valence-electron chi connectivity index (χ1n) is 10.3. The second-order valence-electron chi connectivity index (χ2n) is 8.56. The van der Waals surface area contributed by atoms with Crippen LogP contribution in [0.25, 0.3) is 0 Å².